The number of carbonyl (C=O) groups is 2. The number of terminal acetylenes is 1. The average molecular weight is 290 g/mol. The molecule has 0 aliphatic heterocycles. The standard InChI is InChI=1S/C15H18N2O4/c1-4-15(2,3)17-14(21)16-12(13(19)20)9-10-5-7-11(18)8-6-10/h1,5-8,12,18H,9H2,2-3H3,(H,19,20)(H2,16,17,21)/t12-/m1/s1. The van der Waals surface area contributed by atoms with Gasteiger partial charge in [-0.05, 0) is 31.5 Å². The Hall–Kier alpha value is -2.68. The number of nitrogens with one attached hydrogen (secondary N) is 2. The van der Waals surface area contributed by atoms with Gasteiger partial charge in [0.2, 0.25) is 0 Å². The lowest BCUT2D eigenvalue weighted by Crippen LogP contribution is -2.52. The zero-order chi connectivity index (χ0) is 16.0. The molecule has 1 aromatic carbocycles. The molecule has 0 unspecified atom stereocenters. The highest BCUT2D eigenvalue weighted by Gasteiger charge is 2.23. The number of hydrogen-bond acceptors (Lipinski definition) is 3. The van der Waals surface area contributed by atoms with E-state index < -0.39 is 23.6 Å². The molecule has 0 bridgehead atoms. The van der Waals surface area contributed by atoms with Crippen molar-refractivity contribution < 1.29 is 19.8 Å². The number of carboxylic acids is 1. The number of aliphatic carboxylic acids is 1. The summed E-state index contributed by atoms with van der Waals surface area (Å²) in [5, 5.41) is 23.2. The van der Waals surface area contributed by atoms with Crippen molar-refractivity contribution in [1.82, 2.24) is 10.6 Å². The molecule has 2 amide bonds. The number of amides is 2. The summed E-state index contributed by atoms with van der Waals surface area (Å²) in [7, 11) is 0. The SMILES string of the molecule is C#CC(C)(C)NC(=O)N[C@H](Cc1ccc(O)cc1)C(=O)O. The van der Waals surface area contributed by atoms with Crippen molar-refractivity contribution in [2.24, 2.45) is 0 Å². The summed E-state index contributed by atoms with van der Waals surface area (Å²) >= 11 is 0. The van der Waals surface area contributed by atoms with Crippen LogP contribution in [0.25, 0.3) is 0 Å². The second-order valence-electron chi connectivity index (χ2n) is 5.13. The molecular weight excluding hydrogens is 272 g/mol. The Labute approximate surface area is 123 Å². The Morgan fingerprint density at radius 1 is 1.33 bits per heavy atom. The molecule has 1 aromatic rings. The van der Waals surface area contributed by atoms with Crippen LogP contribution in [0.15, 0.2) is 24.3 Å². The van der Waals surface area contributed by atoms with Gasteiger partial charge in [-0.1, -0.05) is 18.1 Å². The minimum atomic E-state index is -1.16. The summed E-state index contributed by atoms with van der Waals surface area (Å²) in [4.78, 5) is 23.0. The number of aromatic hydroxyl groups is 1. The Balaban J connectivity index is 2.71. The zero-order valence-electron chi connectivity index (χ0n) is 11.9. The molecule has 0 aliphatic carbocycles. The number of carboxylic acid groups (broad SMARTS) is 1. The van der Waals surface area contributed by atoms with Crippen LogP contribution in [0.2, 0.25) is 0 Å². The molecule has 0 heterocycles. The van der Waals surface area contributed by atoms with E-state index in [1.165, 1.54) is 12.1 Å². The van der Waals surface area contributed by atoms with Gasteiger partial charge in [-0.25, -0.2) is 9.59 Å². The predicted molar refractivity (Wildman–Crippen MR) is 77.8 cm³/mol. The van der Waals surface area contributed by atoms with Crippen molar-refractivity contribution in [2.45, 2.75) is 31.8 Å². The molecule has 21 heavy (non-hydrogen) atoms. The van der Waals surface area contributed by atoms with Crippen molar-refractivity contribution in [3.63, 3.8) is 0 Å². The fourth-order valence-corrected chi connectivity index (χ4v) is 1.58. The maximum absolute atomic E-state index is 11.8. The molecule has 6 nitrogen and oxygen atoms in total. The average Bonchev–Trinajstić information content (AvgIpc) is 2.39. The van der Waals surface area contributed by atoms with E-state index in [-0.39, 0.29) is 12.2 Å². The van der Waals surface area contributed by atoms with Gasteiger partial charge in [-0.2, -0.15) is 0 Å². The topological polar surface area (TPSA) is 98.7 Å². The molecule has 1 rings (SSSR count). The van der Waals surface area contributed by atoms with Gasteiger partial charge in [0.05, 0.1) is 5.54 Å². The van der Waals surface area contributed by atoms with Gasteiger partial charge in [0.25, 0.3) is 0 Å². The highest BCUT2D eigenvalue weighted by molar-refractivity contribution is 5.83. The first-order valence-corrected chi connectivity index (χ1v) is 6.30. The highest BCUT2D eigenvalue weighted by atomic mass is 16.4. The molecule has 0 radical (unpaired) electrons. The first-order valence-electron chi connectivity index (χ1n) is 6.30. The normalized spacial score (nSPS) is 12.0. The van der Waals surface area contributed by atoms with Gasteiger partial charge >= 0.3 is 12.0 Å². The van der Waals surface area contributed by atoms with E-state index in [1.54, 1.807) is 26.0 Å². The van der Waals surface area contributed by atoms with Crippen LogP contribution in [0.4, 0.5) is 4.79 Å². The molecule has 1 atom stereocenters. The van der Waals surface area contributed by atoms with Crippen LogP contribution in [0.3, 0.4) is 0 Å². The van der Waals surface area contributed by atoms with Crippen molar-refractivity contribution >= 4 is 12.0 Å². The number of benzene rings is 1. The fraction of sp³-hybridized carbons (Fsp3) is 0.333. The van der Waals surface area contributed by atoms with Crippen molar-refractivity contribution in [1.29, 1.82) is 0 Å². The van der Waals surface area contributed by atoms with Gasteiger partial charge in [0, 0.05) is 6.42 Å². The molecule has 0 saturated carbocycles. The lowest BCUT2D eigenvalue weighted by atomic mass is 10.1. The van der Waals surface area contributed by atoms with Crippen molar-refractivity contribution in [3.8, 4) is 18.1 Å². The Kier molecular flexibility index (Phi) is 5.19. The molecule has 112 valence electrons. The van der Waals surface area contributed by atoms with E-state index in [0.717, 1.165) is 0 Å². The molecule has 0 aliphatic rings. The van der Waals surface area contributed by atoms with Crippen LogP contribution in [0.5, 0.6) is 5.75 Å². The minimum Gasteiger partial charge on any atom is -0.508 e. The third-order valence-corrected chi connectivity index (χ3v) is 2.77. The number of phenols is 1. The largest absolute Gasteiger partial charge is 0.508 e. The first kappa shape index (κ1) is 16.4. The summed E-state index contributed by atoms with van der Waals surface area (Å²) in [6.45, 7) is 3.25. The van der Waals surface area contributed by atoms with Crippen LogP contribution < -0.4 is 10.6 Å². The molecule has 0 saturated heterocycles. The number of hydrogen-bond donors (Lipinski definition) is 4. The molecule has 4 N–H and O–H groups in total. The molecule has 0 fully saturated rings. The van der Waals surface area contributed by atoms with Crippen molar-refractivity contribution in [2.75, 3.05) is 0 Å². The molecule has 6 heteroatoms. The predicted octanol–water partition coefficient (Wildman–Crippen LogP) is 1.10. The molecule has 0 spiro atoms. The highest BCUT2D eigenvalue weighted by Crippen LogP contribution is 2.11. The maximum Gasteiger partial charge on any atom is 0.326 e. The zero-order valence-corrected chi connectivity index (χ0v) is 11.9. The lowest BCUT2D eigenvalue weighted by molar-refractivity contribution is -0.139. The summed E-state index contributed by atoms with van der Waals surface area (Å²) in [5.41, 5.74) is -0.192. The Bertz CT molecular complexity index is 558. The van der Waals surface area contributed by atoms with Crippen LogP contribution in [-0.2, 0) is 11.2 Å². The van der Waals surface area contributed by atoms with Crippen LogP contribution in [-0.4, -0.2) is 33.8 Å². The summed E-state index contributed by atoms with van der Waals surface area (Å²) < 4.78 is 0. The van der Waals surface area contributed by atoms with E-state index >= 15 is 0 Å². The van der Waals surface area contributed by atoms with Gasteiger partial charge in [0.1, 0.15) is 11.8 Å². The second kappa shape index (κ2) is 6.66. The Morgan fingerprint density at radius 2 is 1.90 bits per heavy atom. The molecular formula is C15H18N2O4. The summed E-state index contributed by atoms with van der Waals surface area (Å²) in [6.07, 6.45) is 5.35. The van der Waals surface area contributed by atoms with Gasteiger partial charge < -0.3 is 20.8 Å². The number of phenolic OH excluding ortho intramolecular Hbond substituents is 1. The van der Waals surface area contributed by atoms with Crippen molar-refractivity contribution in [3.05, 3.63) is 29.8 Å². The smallest absolute Gasteiger partial charge is 0.326 e. The van der Waals surface area contributed by atoms with Crippen LogP contribution >= 0.6 is 0 Å². The van der Waals surface area contributed by atoms with E-state index in [1.807, 2.05) is 0 Å². The third-order valence-electron chi connectivity index (χ3n) is 2.77. The lowest BCUT2D eigenvalue weighted by Gasteiger charge is -2.22. The number of rotatable bonds is 5. The monoisotopic (exact) mass is 290 g/mol. The quantitative estimate of drug-likeness (QED) is 0.610. The Morgan fingerprint density at radius 3 is 2.38 bits per heavy atom. The van der Waals surface area contributed by atoms with E-state index in [0.29, 0.717) is 5.56 Å². The van der Waals surface area contributed by atoms with E-state index in [9.17, 15) is 14.7 Å². The fourth-order valence-electron chi connectivity index (χ4n) is 1.58. The summed E-state index contributed by atoms with van der Waals surface area (Å²) in [6, 6.07) is 4.35. The van der Waals surface area contributed by atoms with Gasteiger partial charge in [-0.3, -0.25) is 0 Å². The van der Waals surface area contributed by atoms with Crippen LogP contribution in [0.1, 0.15) is 19.4 Å². The first-order chi connectivity index (χ1) is 9.73. The molecule has 0 aromatic heterocycles. The summed E-state index contributed by atoms with van der Waals surface area (Å²) in [5.74, 6) is 1.32. The third kappa shape index (κ3) is 5.45. The second-order valence-corrected chi connectivity index (χ2v) is 5.13. The van der Waals surface area contributed by atoms with E-state index in [4.69, 9.17) is 11.5 Å². The van der Waals surface area contributed by atoms with E-state index in [2.05, 4.69) is 16.6 Å². The number of urea groups is 1. The van der Waals surface area contributed by atoms with Gasteiger partial charge in [0.15, 0.2) is 0 Å². The minimum absolute atomic E-state index is 0.0899. The van der Waals surface area contributed by atoms with Gasteiger partial charge in [-0.15, -0.1) is 6.42 Å². The maximum atomic E-state index is 11.8. The number of carbonyl (C=O) groups excluding carboxylic acids is 1. The van der Waals surface area contributed by atoms with Crippen LogP contribution in [0, 0.1) is 12.3 Å².